The first-order chi connectivity index (χ1) is 27.8. The van der Waals surface area contributed by atoms with E-state index in [-0.39, 0.29) is 0 Å². The molecule has 0 saturated heterocycles. The molecule has 12 aromatic rings. The standard InChI is InChI=1S/C56H34/c1-3-17-43-39(13-1)41-15-5-9-21-47(41)55-49-23-11-7-19-45(49)51(33-53(43)55)37-29-25-35(26-30-37)36-27-31-38(32-28-36)52-34-54-44-18-4-2-14-40(44)42-16-6-10-22-48(42)56(54)50-24-12-8-20-46(50)52/h1-34H. The summed E-state index contributed by atoms with van der Waals surface area (Å²) in [6, 6.07) is 76.4. The van der Waals surface area contributed by atoms with Crippen LogP contribution in [0.15, 0.2) is 206 Å². The van der Waals surface area contributed by atoms with Crippen molar-refractivity contribution < 1.29 is 0 Å². The molecule has 0 aliphatic carbocycles. The van der Waals surface area contributed by atoms with Crippen molar-refractivity contribution in [2.24, 2.45) is 0 Å². The molecule has 0 spiro atoms. The third-order valence-corrected chi connectivity index (χ3v) is 12.2. The molecule has 0 aliphatic rings. The van der Waals surface area contributed by atoms with Gasteiger partial charge in [-0.25, -0.2) is 0 Å². The molecule has 0 aromatic heterocycles. The second-order valence-electron chi connectivity index (χ2n) is 15.1. The Hall–Kier alpha value is -7.28. The van der Waals surface area contributed by atoms with Crippen LogP contribution >= 0.6 is 0 Å². The minimum Gasteiger partial charge on any atom is -0.0616 e. The van der Waals surface area contributed by atoms with Gasteiger partial charge in [0.15, 0.2) is 0 Å². The Labute approximate surface area is 324 Å². The lowest BCUT2D eigenvalue weighted by Gasteiger charge is -2.17. The average Bonchev–Trinajstić information content (AvgIpc) is 3.28. The number of hydrogen-bond acceptors (Lipinski definition) is 0. The van der Waals surface area contributed by atoms with Crippen LogP contribution in [0.5, 0.6) is 0 Å². The van der Waals surface area contributed by atoms with Gasteiger partial charge in [0.1, 0.15) is 0 Å². The van der Waals surface area contributed by atoms with Crippen molar-refractivity contribution in [2.45, 2.75) is 0 Å². The Bertz CT molecular complexity index is 3310. The first kappa shape index (κ1) is 31.1. The SMILES string of the molecule is c1ccc2c(c1)c(-c1ccc(-c3ccc(-c4cc5c6ccccc6c6ccccc6c5c5ccccc45)cc3)cc1)cc1c3ccccc3c3ccccc3c21. The topological polar surface area (TPSA) is 0 Å². The van der Waals surface area contributed by atoms with E-state index >= 15 is 0 Å². The van der Waals surface area contributed by atoms with Crippen LogP contribution in [0.1, 0.15) is 0 Å². The van der Waals surface area contributed by atoms with Gasteiger partial charge < -0.3 is 0 Å². The molecule has 0 nitrogen and oxygen atoms in total. The highest BCUT2D eigenvalue weighted by Gasteiger charge is 2.17. The first-order valence-corrected chi connectivity index (χ1v) is 19.5. The van der Waals surface area contributed by atoms with Crippen molar-refractivity contribution >= 4 is 86.2 Å². The molecule has 0 bridgehead atoms. The molecule has 0 heteroatoms. The molecule has 0 heterocycles. The van der Waals surface area contributed by atoms with Crippen molar-refractivity contribution in [2.75, 3.05) is 0 Å². The quantitative estimate of drug-likeness (QED) is 0.160. The van der Waals surface area contributed by atoms with Gasteiger partial charge in [-0.2, -0.15) is 0 Å². The molecule has 0 unspecified atom stereocenters. The van der Waals surface area contributed by atoms with E-state index in [1.165, 1.54) is 120 Å². The second-order valence-corrected chi connectivity index (χ2v) is 15.1. The van der Waals surface area contributed by atoms with E-state index in [1.54, 1.807) is 0 Å². The molecule has 12 rings (SSSR count). The van der Waals surface area contributed by atoms with E-state index in [2.05, 4.69) is 206 Å². The molecule has 0 aliphatic heterocycles. The summed E-state index contributed by atoms with van der Waals surface area (Å²) >= 11 is 0. The molecule has 0 fully saturated rings. The number of benzene rings is 12. The van der Waals surface area contributed by atoms with Crippen LogP contribution in [0.2, 0.25) is 0 Å². The Balaban J connectivity index is 0.978. The maximum Gasteiger partial charge on any atom is -0.00199 e. The van der Waals surface area contributed by atoms with Gasteiger partial charge in [-0.3, -0.25) is 0 Å². The third kappa shape index (κ3) is 4.54. The van der Waals surface area contributed by atoms with Gasteiger partial charge in [-0.15, -0.1) is 0 Å². The van der Waals surface area contributed by atoms with Crippen LogP contribution in [0.3, 0.4) is 0 Å². The van der Waals surface area contributed by atoms with E-state index in [4.69, 9.17) is 0 Å². The third-order valence-electron chi connectivity index (χ3n) is 12.2. The van der Waals surface area contributed by atoms with Crippen LogP contribution in [0, 0.1) is 0 Å². The van der Waals surface area contributed by atoms with Crippen LogP contribution in [-0.2, 0) is 0 Å². The maximum atomic E-state index is 2.43. The zero-order valence-corrected chi connectivity index (χ0v) is 30.6. The molecule has 0 radical (unpaired) electrons. The molecular weight excluding hydrogens is 673 g/mol. The van der Waals surface area contributed by atoms with Crippen molar-refractivity contribution in [3.05, 3.63) is 206 Å². The highest BCUT2D eigenvalue weighted by Crippen LogP contribution is 2.45. The van der Waals surface area contributed by atoms with Crippen molar-refractivity contribution in [3.8, 4) is 33.4 Å². The van der Waals surface area contributed by atoms with E-state index < -0.39 is 0 Å². The molecule has 0 amide bonds. The molecule has 56 heavy (non-hydrogen) atoms. The average molecular weight is 707 g/mol. The summed E-state index contributed by atoms with van der Waals surface area (Å²) in [7, 11) is 0. The summed E-state index contributed by atoms with van der Waals surface area (Å²) in [4.78, 5) is 0. The van der Waals surface area contributed by atoms with Gasteiger partial charge in [-0.1, -0.05) is 194 Å². The van der Waals surface area contributed by atoms with Crippen LogP contribution in [0.4, 0.5) is 0 Å². The largest absolute Gasteiger partial charge is 0.0616 e. The highest BCUT2D eigenvalue weighted by atomic mass is 14.2. The van der Waals surface area contributed by atoms with Gasteiger partial charge in [0.2, 0.25) is 0 Å². The summed E-state index contributed by atoms with van der Waals surface area (Å²) in [5, 5.41) is 20.8. The number of rotatable bonds is 3. The molecule has 0 N–H and O–H groups in total. The zero-order valence-electron chi connectivity index (χ0n) is 30.6. The Morgan fingerprint density at radius 3 is 0.696 bits per heavy atom. The van der Waals surface area contributed by atoms with Gasteiger partial charge in [-0.05, 0) is 132 Å². The van der Waals surface area contributed by atoms with Crippen molar-refractivity contribution in [1.29, 1.82) is 0 Å². The summed E-state index contributed by atoms with van der Waals surface area (Å²) < 4.78 is 0. The lowest BCUT2D eigenvalue weighted by atomic mass is 9.87. The molecular formula is C56H34. The lowest BCUT2D eigenvalue weighted by Crippen LogP contribution is -1.89. The monoisotopic (exact) mass is 706 g/mol. The fourth-order valence-corrected chi connectivity index (χ4v) is 9.70. The Morgan fingerprint density at radius 1 is 0.161 bits per heavy atom. The van der Waals surface area contributed by atoms with Gasteiger partial charge >= 0.3 is 0 Å². The van der Waals surface area contributed by atoms with Crippen LogP contribution < -0.4 is 0 Å². The van der Waals surface area contributed by atoms with Gasteiger partial charge in [0.25, 0.3) is 0 Å². The number of fused-ring (bicyclic) bond motifs is 16. The zero-order chi connectivity index (χ0) is 36.7. The summed E-state index contributed by atoms with van der Waals surface area (Å²) in [6.45, 7) is 0. The van der Waals surface area contributed by atoms with Crippen molar-refractivity contribution in [1.82, 2.24) is 0 Å². The summed E-state index contributed by atoms with van der Waals surface area (Å²) in [5.74, 6) is 0. The van der Waals surface area contributed by atoms with Gasteiger partial charge in [0, 0.05) is 0 Å². The Kier molecular flexibility index (Phi) is 6.73. The number of hydrogen-bond donors (Lipinski definition) is 0. The van der Waals surface area contributed by atoms with E-state index in [0.717, 1.165) is 0 Å². The maximum absolute atomic E-state index is 2.43. The van der Waals surface area contributed by atoms with Crippen LogP contribution in [-0.4, -0.2) is 0 Å². The van der Waals surface area contributed by atoms with Crippen LogP contribution in [0.25, 0.3) is 120 Å². The normalized spacial score (nSPS) is 11.9. The molecule has 0 saturated carbocycles. The van der Waals surface area contributed by atoms with Gasteiger partial charge in [0.05, 0.1) is 0 Å². The fourth-order valence-electron chi connectivity index (χ4n) is 9.70. The minimum absolute atomic E-state index is 1.21. The fraction of sp³-hybridized carbons (Fsp3) is 0. The second kappa shape index (κ2) is 12.1. The smallest absolute Gasteiger partial charge is 0.00199 e. The predicted molar refractivity (Wildman–Crippen MR) is 243 cm³/mol. The van der Waals surface area contributed by atoms with E-state index in [0.29, 0.717) is 0 Å². The highest BCUT2D eigenvalue weighted by molar-refractivity contribution is 6.34. The molecule has 258 valence electrons. The van der Waals surface area contributed by atoms with E-state index in [1.807, 2.05) is 0 Å². The lowest BCUT2D eigenvalue weighted by molar-refractivity contribution is 1.60. The Morgan fingerprint density at radius 2 is 0.375 bits per heavy atom. The predicted octanol–water partition coefficient (Wildman–Crippen LogP) is 15.9. The molecule has 12 aromatic carbocycles. The van der Waals surface area contributed by atoms with E-state index in [9.17, 15) is 0 Å². The minimum atomic E-state index is 1.21. The molecule has 0 atom stereocenters. The van der Waals surface area contributed by atoms with Crippen molar-refractivity contribution in [3.63, 3.8) is 0 Å². The summed E-state index contributed by atoms with van der Waals surface area (Å²) in [5.41, 5.74) is 7.40. The summed E-state index contributed by atoms with van der Waals surface area (Å²) in [6.07, 6.45) is 0. The first-order valence-electron chi connectivity index (χ1n) is 19.5.